The summed E-state index contributed by atoms with van der Waals surface area (Å²) in [5.41, 5.74) is 6.31. The molecule has 3 heterocycles. The number of aromatic amines is 1. The highest BCUT2D eigenvalue weighted by molar-refractivity contribution is 6.00. The fourth-order valence-corrected chi connectivity index (χ4v) is 3.50. The summed E-state index contributed by atoms with van der Waals surface area (Å²) in [5, 5.41) is 3.87. The van der Waals surface area contributed by atoms with E-state index in [1.807, 2.05) is 37.4 Å². The zero-order valence-corrected chi connectivity index (χ0v) is 18.2. The number of hydrogen-bond acceptors (Lipinski definition) is 5. The van der Waals surface area contributed by atoms with E-state index in [2.05, 4.69) is 26.3 Å². The lowest BCUT2D eigenvalue weighted by atomic mass is 10.0. The fraction of sp³-hybridized carbons (Fsp3) is 0.160. The van der Waals surface area contributed by atoms with Crippen molar-refractivity contribution in [3.05, 3.63) is 72.8 Å². The van der Waals surface area contributed by atoms with E-state index in [1.165, 1.54) is 6.08 Å². The normalized spacial score (nSPS) is 11.2. The molecule has 0 aliphatic carbocycles. The molecule has 2 N–H and O–H groups in total. The molecule has 0 saturated heterocycles. The van der Waals surface area contributed by atoms with E-state index in [0.717, 1.165) is 39.0 Å². The molecule has 0 atom stereocenters. The second-order valence-corrected chi connectivity index (χ2v) is 7.31. The number of hydrogen-bond donors (Lipinski definition) is 2. The predicted molar refractivity (Wildman–Crippen MR) is 126 cm³/mol. The summed E-state index contributed by atoms with van der Waals surface area (Å²) in [6.45, 7) is 2.34. The average Bonchev–Trinajstić information content (AvgIpc) is 3.22. The first-order valence-corrected chi connectivity index (χ1v) is 10.1. The Labute approximate surface area is 186 Å². The van der Waals surface area contributed by atoms with Gasteiger partial charge in [0.15, 0.2) is 0 Å². The van der Waals surface area contributed by atoms with Crippen LogP contribution in [0.5, 0.6) is 5.75 Å². The van der Waals surface area contributed by atoms with Gasteiger partial charge >= 0.3 is 0 Å². The first-order valence-electron chi connectivity index (χ1n) is 10.1. The number of carbonyl (C=O) groups is 1. The average molecular weight is 428 g/mol. The highest BCUT2D eigenvalue weighted by Crippen LogP contribution is 2.33. The van der Waals surface area contributed by atoms with Gasteiger partial charge in [0.05, 0.1) is 13.7 Å². The van der Waals surface area contributed by atoms with Gasteiger partial charge in [-0.15, -0.1) is 0 Å². The van der Waals surface area contributed by atoms with Crippen molar-refractivity contribution < 1.29 is 14.3 Å². The Bertz CT molecular complexity index is 1290. The van der Waals surface area contributed by atoms with Crippen LogP contribution in [0.15, 0.2) is 67.1 Å². The van der Waals surface area contributed by atoms with Crippen LogP contribution < -0.4 is 10.1 Å². The van der Waals surface area contributed by atoms with Crippen LogP contribution in [0.4, 0.5) is 5.69 Å². The quantitative estimate of drug-likeness (QED) is 0.415. The molecular formula is C25H24N4O3. The number of carbonyl (C=O) groups excluding carboxylic acids is 1. The molecule has 4 rings (SSSR count). The van der Waals surface area contributed by atoms with Crippen molar-refractivity contribution in [1.29, 1.82) is 0 Å². The number of aromatic nitrogens is 3. The lowest BCUT2D eigenvalue weighted by Crippen LogP contribution is -2.08. The molecule has 0 aliphatic rings. The molecule has 0 saturated carbocycles. The van der Waals surface area contributed by atoms with Crippen molar-refractivity contribution >= 4 is 22.6 Å². The third-order valence-electron chi connectivity index (χ3n) is 5.01. The SMILES string of the molecule is COC/C=C/C(=O)Nc1cc(OC)cc(-c2cnc3[nH]cc(-c4ccnc(C)c4)c3c2)c1. The summed E-state index contributed by atoms with van der Waals surface area (Å²) >= 11 is 0. The standard InChI is InChI=1S/C25H24N4O3/c1-16-9-17(6-7-26-16)23-15-28-25-22(23)12-19(14-27-25)18-10-20(13-21(11-18)32-3)29-24(30)5-4-8-31-2/h4-7,9-15H,8H2,1-3H3,(H,27,28)(H,29,30)/b5-4+. The fourth-order valence-electron chi connectivity index (χ4n) is 3.50. The molecule has 1 aromatic carbocycles. The summed E-state index contributed by atoms with van der Waals surface area (Å²) in [6, 6.07) is 11.7. The number of ether oxygens (including phenoxy) is 2. The van der Waals surface area contributed by atoms with Crippen LogP contribution >= 0.6 is 0 Å². The molecule has 4 aromatic rings. The van der Waals surface area contributed by atoms with Crippen LogP contribution in [0, 0.1) is 6.92 Å². The zero-order valence-electron chi connectivity index (χ0n) is 18.2. The van der Waals surface area contributed by atoms with Gasteiger partial charge in [-0.25, -0.2) is 4.98 Å². The third kappa shape index (κ3) is 4.68. The van der Waals surface area contributed by atoms with Gasteiger partial charge in [-0.1, -0.05) is 6.08 Å². The minimum absolute atomic E-state index is 0.240. The Balaban J connectivity index is 1.72. The monoisotopic (exact) mass is 428 g/mol. The molecule has 3 aromatic heterocycles. The largest absolute Gasteiger partial charge is 0.497 e. The lowest BCUT2D eigenvalue weighted by molar-refractivity contribution is -0.111. The number of pyridine rings is 2. The maximum Gasteiger partial charge on any atom is 0.248 e. The molecule has 0 aliphatic heterocycles. The predicted octanol–water partition coefficient (Wildman–Crippen LogP) is 4.75. The Morgan fingerprint density at radius 2 is 1.97 bits per heavy atom. The van der Waals surface area contributed by atoms with Gasteiger partial charge in [-0.05, 0) is 48.4 Å². The van der Waals surface area contributed by atoms with Crippen molar-refractivity contribution in [3.8, 4) is 28.0 Å². The highest BCUT2D eigenvalue weighted by atomic mass is 16.5. The first-order chi connectivity index (χ1) is 15.6. The van der Waals surface area contributed by atoms with Crippen LogP contribution in [0.1, 0.15) is 5.69 Å². The highest BCUT2D eigenvalue weighted by Gasteiger charge is 2.11. The van der Waals surface area contributed by atoms with E-state index in [-0.39, 0.29) is 5.91 Å². The summed E-state index contributed by atoms with van der Waals surface area (Å²) in [6.07, 6.45) is 8.67. The van der Waals surface area contributed by atoms with Crippen LogP contribution in [0.3, 0.4) is 0 Å². The van der Waals surface area contributed by atoms with Crippen molar-refractivity contribution in [2.45, 2.75) is 6.92 Å². The summed E-state index contributed by atoms with van der Waals surface area (Å²) in [5.74, 6) is 0.397. The van der Waals surface area contributed by atoms with Gasteiger partial charge in [0, 0.05) is 65.7 Å². The van der Waals surface area contributed by atoms with Crippen LogP contribution in [0.25, 0.3) is 33.3 Å². The molecule has 0 bridgehead atoms. The van der Waals surface area contributed by atoms with Crippen molar-refractivity contribution in [1.82, 2.24) is 15.0 Å². The van der Waals surface area contributed by atoms with Gasteiger partial charge in [-0.2, -0.15) is 0 Å². The van der Waals surface area contributed by atoms with E-state index in [4.69, 9.17) is 9.47 Å². The van der Waals surface area contributed by atoms with E-state index in [0.29, 0.717) is 18.0 Å². The lowest BCUT2D eigenvalue weighted by Gasteiger charge is -2.10. The maximum atomic E-state index is 12.2. The van der Waals surface area contributed by atoms with Gasteiger partial charge < -0.3 is 19.8 Å². The number of aryl methyl sites for hydroxylation is 1. The Hall–Kier alpha value is -3.97. The minimum atomic E-state index is -0.240. The molecule has 32 heavy (non-hydrogen) atoms. The summed E-state index contributed by atoms with van der Waals surface area (Å²) in [7, 11) is 3.17. The molecule has 7 nitrogen and oxygen atoms in total. The maximum absolute atomic E-state index is 12.2. The van der Waals surface area contributed by atoms with Crippen molar-refractivity contribution in [3.63, 3.8) is 0 Å². The van der Waals surface area contributed by atoms with Crippen molar-refractivity contribution in [2.24, 2.45) is 0 Å². The second kappa shape index (κ2) is 9.45. The molecular weight excluding hydrogens is 404 g/mol. The number of nitrogens with one attached hydrogen (secondary N) is 2. The van der Waals surface area contributed by atoms with Gasteiger partial charge in [-0.3, -0.25) is 9.78 Å². The molecule has 1 amide bonds. The number of anilines is 1. The molecule has 0 radical (unpaired) electrons. The topological polar surface area (TPSA) is 89.1 Å². The van der Waals surface area contributed by atoms with Gasteiger partial charge in [0.25, 0.3) is 0 Å². The smallest absolute Gasteiger partial charge is 0.248 e. The van der Waals surface area contributed by atoms with E-state index >= 15 is 0 Å². The zero-order chi connectivity index (χ0) is 22.5. The molecule has 162 valence electrons. The number of amides is 1. The van der Waals surface area contributed by atoms with Gasteiger partial charge in [0.1, 0.15) is 11.4 Å². The van der Waals surface area contributed by atoms with Crippen LogP contribution in [0.2, 0.25) is 0 Å². The Morgan fingerprint density at radius 3 is 2.75 bits per heavy atom. The minimum Gasteiger partial charge on any atom is -0.497 e. The number of fused-ring (bicyclic) bond motifs is 1. The number of nitrogens with zero attached hydrogens (tertiary/aromatic N) is 2. The molecule has 0 fully saturated rings. The molecule has 0 unspecified atom stereocenters. The first kappa shape index (κ1) is 21.3. The Kier molecular flexibility index (Phi) is 6.28. The van der Waals surface area contributed by atoms with E-state index < -0.39 is 0 Å². The Morgan fingerprint density at radius 1 is 1.09 bits per heavy atom. The molecule has 7 heteroatoms. The van der Waals surface area contributed by atoms with E-state index in [9.17, 15) is 4.79 Å². The number of benzene rings is 1. The van der Waals surface area contributed by atoms with Gasteiger partial charge in [0.2, 0.25) is 5.91 Å². The van der Waals surface area contributed by atoms with E-state index in [1.54, 1.807) is 38.8 Å². The number of rotatable bonds is 7. The van der Waals surface area contributed by atoms with Crippen molar-refractivity contribution in [2.75, 3.05) is 26.1 Å². The number of methoxy groups -OCH3 is 2. The number of H-pyrrole nitrogens is 1. The summed E-state index contributed by atoms with van der Waals surface area (Å²) < 4.78 is 10.4. The van der Waals surface area contributed by atoms with Crippen LogP contribution in [-0.2, 0) is 9.53 Å². The second-order valence-electron chi connectivity index (χ2n) is 7.31. The molecule has 0 spiro atoms. The summed E-state index contributed by atoms with van der Waals surface area (Å²) in [4.78, 5) is 24.3. The third-order valence-corrected chi connectivity index (χ3v) is 5.01. The van der Waals surface area contributed by atoms with Crippen LogP contribution in [-0.4, -0.2) is 41.7 Å².